The van der Waals surface area contributed by atoms with E-state index in [4.69, 9.17) is 10.5 Å². The molecule has 1 aromatic heterocycles. The normalized spacial score (nSPS) is 11.9. The third-order valence-corrected chi connectivity index (χ3v) is 4.41. The zero-order valence-electron chi connectivity index (χ0n) is 12.3. The summed E-state index contributed by atoms with van der Waals surface area (Å²) in [5, 5.41) is 2.02. The van der Waals surface area contributed by atoms with Crippen LogP contribution in [0, 0.1) is 0 Å². The Balaban J connectivity index is 1.81. The Morgan fingerprint density at radius 3 is 2.86 bits per heavy atom. The quantitative estimate of drug-likeness (QED) is 0.833. The number of thiophene rings is 1. The Kier molecular flexibility index (Phi) is 5.22. The van der Waals surface area contributed by atoms with Gasteiger partial charge in [-0.1, -0.05) is 12.1 Å². The minimum absolute atomic E-state index is 0.0693. The number of hydrogen-bond acceptors (Lipinski definition) is 4. The van der Waals surface area contributed by atoms with Gasteiger partial charge in [-0.15, -0.1) is 11.3 Å². The van der Waals surface area contributed by atoms with E-state index in [-0.39, 0.29) is 11.9 Å². The van der Waals surface area contributed by atoms with Gasteiger partial charge in [0.2, 0.25) is 5.91 Å². The van der Waals surface area contributed by atoms with E-state index in [2.05, 4.69) is 0 Å². The molecule has 112 valence electrons. The van der Waals surface area contributed by atoms with Crippen molar-refractivity contribution in [2.75, 3.05) is 19.4 Å². The number of nitrogens with zero attached hydrogens (tertiary/aromatic N) is 1. The first-order chi connectivity index (χ1) is 10.1. The summed E-state index contributed by atoms with van der Waals surface area (Å²) in [7, 11) is 1.83. The van der Waals surface area contributed by atoms with E-state index < -0.39 is 0 Å². The molecule has 0 radical (unpaired) electrons. The Morgan fingerprint density at radius 2 is 2.19 bits per heavy atom. The van der Waals surface area contributed by atoms with Gasteiger partial charge in [-0.3, -0.25) is 4.79 Å². The van der Waals surface area contributed by atoms with Gasteiger partial charge in [-0.25, -0.2) is 0 Å². The van der Waals surface area contributed by atoms with Crippen molar-refractivity contribution < 1.29 is 9.53 Å². The summed E-state index contributed by atoms with van der Waals surface area (Å²) in [6.07, 6.45) is 0.348. The number of nitrogens with two attached hydrogens (primary N) is 1. The van der Waals surface area contributed by atoms with Gasteiger partial charge in [0.1, 0.15) is 5.75 Å². The number of nitrogen functional groups attached to an aromatic ring is 1. The van der Waals surface area contributed by atoms with Crippen LogP contribution >= 0.6 is 11.3 Å². The number of rotatable bonds is 6. The van der Waals surface area contributed by atoms with E-state index in [1.165, 1.54) is 4.88 Å². The van der Waals surface area contributed by atoms with Crippen LogP contribution in [0.15, 0.2) is 41.8 Å². The molecule has 1 heterocycles. The van der Waals surface area contributed by atoms with Crippen LogP contribution in [-0.2, 0) is 4.79 Å². The summed E-state index contributed by atoms with van der Waals surface area (Å²) in [6, 6.07) is 11.3. The number of carbonyl (C=O) groups is 1. The molecule has 0 aliphatic heterocycles. The third kappa shape index (κ3) is 4.23. The number of hydrogen-bond donors (Lipinski definition) is 1. The molecule has 2 rings (SSSR count). The van der Waals surface area contributed by atoms with E-state index in [9.17, 15) is 4.79 Å². The first kappa shape index (κ1) is 15.4. The number of carbonyl (C=O) groups excluding carboxylic acids is 1. The smallest absolute Gasteiger partial charge is 0.226 e. The average molecular weight is 304 g/mol. The van der Waals surface area contributed by atoms with Crippen molar-refractivity contribution in [3.05, 3.63) is 46.7 Å². The zero-order valence-corrected chi connectivity index (χ0v) is 13.1. The highest BCUT2D eigenvalue weighted by molar-refractivity contribution is 7.10. The van der Waals surface area contributed by atoms with Gasteiger partial charge in [-0.05, 0) is 30.5 Å². The molecule has 0 saturated heterocycles. The lowest BCUT2D eigenvalue weighted by molar-refractivity contribution is -0.132. The Labute approximate surface area is 129 Å². The lowest BCUT2D eigenvalue weighted by Crippen LogP contribution is -2.30. The van der Waals surface area contributed by atoms with Crippen molar-refractivity contribution >= 4 is 22.9 Å². The van der Waals surface area contributed by atoms with Crippen molar-refractivity contribution in [3.63, 3.8) is 0 Å². The lowest BCUT2D eigenvalue weighted by atomic mass is 10.2. The molecule has 2 aromatic rings. The molecule has 2 N–H and O–H groups in total. The maximum Gasteiger partial charge on any atom is 0.226 e. The van der Waals surface area contributed by atoms with Crippen LogP contribution in [0.4, 0.5) is 5.69 Å². The van der Waals surface area contributed by atoms with Gasteiger partial charge in [0, 0.05) is 23.7 Å². The van der Waals surface area contributed by atoms with Crippen molar-refractivity contribution in [2.45, 2.75) is 19.4 Å². The summed E-state index contributed by atoms with van der Waals surface area (Å²) >= 11 is 1.66. The van der Waals surface area contributed by atoms with Crippen molar-refractivity contribution in [3.8, 4) is 5.75 Å². The minimum Gasteiger partial charge on any atom is -0.493 e. The number of amides is 1. The van der Waals surface area contributed by atoms with Crippen LogP contribution in [-0.4, -0.2) is 24.5 Å². The van der Waals surface area contributed by atoms with Gasteiger partial charge in [0.25, 0.3) is 0 Å². The van der Waals surface area contributed by atoms with Crippen LogP contribution in [0.25, 0.3) is 0 Å². The average Bonchev–Trinajstić information content (AvgIpc) is 3.00. The molecular weight excluding hydrogens is 284 g/mol. The van der Waals surface area contributed by atoms with Crippen molar-refractivity contribution in [1.82, 2.24) is 4.90 Å². The Bertz CT molecular complexity index is 584. The Morgan fingerprint density at radius 1 is 1.38 bits per heavy atom. The topological polar surface area (TPSA) is 55.6 Å². The molecule has 0 bridgehead atoms. The lowest BCUT2D eigenvalue weighted by Gasteiger charge is -2.24. The third-order valence-electron chi connectivity index (χ3n) is 3.37. The standard InChI is InChI=1S/C16H20N2O2S/c1-12(15-7-4-10-21-15)18(2)16(19)8-9-20-14-6-3-5-13(17)11-14/h3-7,10-12H,8-9,17H2,1-2H3. The van der Waals surface area contributed by atoms with Crippen LogP contribution < -0.4 is 10.5 Å². The molecule has 0 aliphatic rings. The first-order valence-electron chi connectivity index (χ1n) is 6.85. The van der Waals surface area contributed by atoms with Crippen molar-refractivity contribution in [2.24, 2.45) is 0 Å². The highest BCUT2D eigenvalue weighted by atomic mass is 32.1. The largest absolute Gasteiger partial charge is 0.493 e. The SMILES string of the molecule is CC(c1cccs1)N(C)C(=O)CCOc1cccc(N)c1. The summed E-state index contributed by atoms with van der Waals surface area (Å²) in [4.78, 5) is 15.1. The molecule has 4 nitrogen and oxygen atoms in total. The van der Waals surface area contributed by atoms with E-state index in [0.29, 0.717) is 24.5 Å². The van der Waals surface area contributed by atoms with Crippen LogP contribution in [0.1, 0.15) is 24.3 Å². The fraction of sp³-hybridized carbons (Fsp3) is 0.312. The molecule has 0 aliphatic carbocycles. The summed E-state index contributed by atoms with van der Waals surface area (Å²) in [5.41, 5.74) is 6.33. The summed E-state index contributed by atoms with van der Waals surface area (Å²) in [6.45, 7) is 2.38. The highest BCUT2D eigenvalue weighted by Gasteiger charge is 2.17. The first-order valence-corrected chi connectivity index (χ1v) is 7.73. The van der Waals surface area contributed by atoms with Gasteiger partial charge >= 0.3 is 0 Å². The number of anilines is 1. The van der Waals surface area contributed by atoms with E-state index in [0.717, 1.165) is 0 Å². The van der Waals surface area contributed by atoms with Gasteiger partial charge in [0.15, 0.2) is 0 Å². The fourth-order valence-electron chi connectivity index (χ4n) is 1.97. The molecule has 0 fully saturated rings. The van der Waals surface area contributed by atoms with Crippen molar-refractivity contribution in [1.29, 1.82) is 0 Å². The van der Waals surface area contributed by atoms with E-state index in [1.807, 2.05) is 43.6 Å². The predicted octanol–water partition coefficient (Wildman–Crippen LogP) is 3.32. The molecule has 5 heteroatoms. The molecule has 0 saturated carbocycles. The second-order valence-corrected chi connectivity index (χ2v) is 5.85. The second kappa shape index (κ2) is 7.13. The molecule has 1 atom stereocenters. The highest BCUT2D eigenvalue weighted by Crippen LogP contribution is 2.23. The van der Waals surface area contributed by atoms with E-state index in [1.54, 1.807) is 28.4 Å². The molecular formula is C16H20N2O2S. The monoisotopic (exact) mass is 304 g/mol. The van der Waals surface area contributed by atoms with Crippen LogP contribution in [0.5, 0.6) is 5.75 Å². The minimum atomic E-state index is 0.0693. The van der Waals surface area contributed by atoms with Crippen LogP contribution in [0.2, 0.25) is 0 Å². The fourth-order valence-corrected chi connectivity index (χ4v) is 2.80. The van der Waals surface area contributed by atoms with E-state index >= 15 is 0 Å². The molecule has 21 heavy (non-hydrogen) atoms. The number of ether oxygens (including phenoxy) is 1. The maximum absolute atomic E-state index is 12.2. The Hall–Kier alpha value is -2.01. The summed E-state index contributed by atoms with van der Waals surface area (Å²) < 4.78 is 5.55. The molecule has 0 spiro atoms. The van der Waals surface area contributed by atoms with Gasteiger partial charge in [-0.2, -0.15) is 0 Å². The predicted molar refractivity (Wildman–Crippen MR) is 86.5 cm³/mol. The molecule has 1 aromatic carbocycles. The van der Waals surface area contributed by atoms with Crippen LogP contribution in [0.3, 0.4) is 0 Å². The van der Waals surface area contributed by atoms with Gasteiger partial charge < -0.3 is 15.4 Å². The van der Waals surface area contributed by atoms with Gasteiger partial charge in [0.05, 0.1) is 19.1 Å². The zero-order chi connectivity index (χ0) is 15.2. The molecule has 1 unspecified atom stereocenters. The molecule has 1 amide bonds. The second-order valence-electron chi connectivity index (χ2n) is 4.87. The maximum atomic E-state index is 12.2. The summed E-state index contributed by atoms with van der Waals surface area (Å²) in [5.74, 6) is 0.761. The number of benzene rings is 1.